The molecule has 0 saturated carbocycles. The van der Waals surface area contributed by atoms with Crippen LogP contribution in [0.2, 0.25) is 0 Å². The molecule has 0 aliphatic carbocycles. The Bertz CT molecular complexity index is 634. The number of aryl methyl sites for hydroxylation is 1. The van der Waals surface area contributed by atoms with Crippen LogP contribution in [-0.4, -0.2) is 54.1 Å². The molecule has 1 aromatic carbocycles. The van der Waals surface area contributed by atoms with Gasteiger partial charge in [-0.15, -0.1) is 0 Å². The summed E-state index contributed by atoms with van der Waals surface area (Å²) in [5.74, 6) is -0.474. The second-order valence-electron chi connectivity index (χ2n) is 6.94. The molecule has 2 saturated heterocycles. The van der Waals surface area contributed by atoms with E-state index in [0.29, 0.717) is 5.75 Å². The number of nitrogens with one attached hydrogen (secondary N) is 1. The van der Waals surface area contributed by atoms with E-state index in [4.69, 9.17) is 18.9 Å². The van der Waals surface area contributed by atoms with Gasteiger partial charge < -0.3 is 29.4 Å². The van der Waals surface area contributed by atoms with E-state index in [1.165, 1.54) is 6.92 Å². The molecule has 2 aliphatic heterocycles. The van der Waals surface area contributed by atoms with E-state index in [1.54, 1.807) is 13.8 Å². The summed E-state index contributed by atoms with van der Waals surface area (Å²) in [6.45, 7) is 7.13. The molecular weight excluding hydrogens is 326 g/mol. The highest BCUT2D eigenvalue weighted by atomic mass is 16.8. The third-order valence-electron chi connectivity index (χ3n) is 4.39. The molecule has 25 heavy (non-hydrogen) atoms. The predicted molar refractivity (Wildman–Crippen MR) is 89.0 cm³/mol. The molecule has 0 bridgehead atoms. The smallest absolute Gasteiger partial charge is 0.223 e. The summed E-state index contributed by atoms with van der Waals surface area (Å²) in [5, 5.41) is 13.5. The van der Waals surface area contributed by atoms with Gasteiger partial charge in [-0.05, 0) is 32.4 Å². The summed E-state index contributed by atoms with van der Waals surface area (Å²) in [5.41, 5.74) is 0.932. The summed E-state index contributed by atoms with van der Waals surface area (Å²) < 4.78 is 23.4. The largest absolute Gasteiger partial charge is 0.462 e. The maximum absolute atomic E-state index is 11.6. The maximum Gasteiger partial charge on any atom is 0.223 e. The zero-order valence-corrected chi connectivity index (χ0v) is 14.9. The van der Waals surface area contributed by atoms with Crippen LogP contribution in [0.15, 0.2) is 24.3 Å². The van der Waals surface area contributed by atoms with Gasteiger partial charge in [0, 0.05) is 6.92 Å². The molecule has 0 unspecified atom stereocenters. The van der Waals surface area contributed by atoms with Crippen LogP contribution >= 0.6 is 0 Å². The fourth-order valence-corrected chi connectivity index (χ4v) is 3.15. The number of hydrogen-bond donors (Lipinski definition) is 2. The molecule has 0 aromatic heterocycles. The van der Waals surface area contributed by atoms with Crippen LogP contribution in [0.1, 0.15) is 26.3 Å². The van der Waals surface area contributed by atoms with Crippen molar-refractivity contribution in [2.24, 2.45) is 0 Å². The fraction of sp³-hybridized carbons (Fsp3) is 0.611. The van der Waals surface area contributed by atoms with Crippen LogP contribution in [0.5, 0.6) is 5.75 Å². The van der Waals surface area contributed by atoms with Gasteiger partial charge in [0.25, 0.3) is 0 Å². The number of rotatable bonds is 3. The third kappa shape index (κ3) is 3.95. The van der Waals surface area contributed by atoms with Crippen molar-refractivity contribution >= 4 is 5.91 Å². The van der Waals surface area contributed by atoms with Crippen molar-refractivity contribution < 1.29 is 28.8 Å². The molecule has 138 valence electrons. The monoisotopic (exact) mass is 351 g/mol. The molecule has 7 nitrogen and oxygen atoms in total. The summed E-state index contributed by atoms with van der Waals surface area (Å²) in [4.78, 5) is 11.6. The second kappa shape index (κ2) is 6.92. The number of hydrogen-bond acceptors (Lipinski definition) is 6. The molecular formula is C18H25NO6. The van der Waals surface area contributed by atoms with Gasteiger partial charge in [-0.1, -0.05) is 18.2 Å². The van der Waals surface area contributed by atoms with Crippen molar-refractivity contribution in [1.29, 1.82) is 0 Å². The Morgan fingerprint density at radius 3 is 2.76 bits per heavy atom. The Hall–Kier alpha value is -1.67. The van der Waals surface area contributed by atoms with Gasteiger partial charge in [-0.3, -0.25) is 4.79 Å². The zero-order valence-electron chi connectivity index (χ0n) is 14.9. The number of para-hydroxylation sites is 1. The SMILES string of the molecule is CC(=O)N[C@H]1[C@@H](Oc2ccccc2C)O[C@H]2COC(C)(C)O[C@H]2[C@H]1O. The summed E-state index contributed by atoms with van der Waals surface area (Å²) >= 11 is 0. The predicted octanol–water partition coefficient (Wildman–Crippen LogP) is 1.12. The number of aliphatic hydroxyl groups is 1. The second-order valence-corrected chi connectivity index (χ2v) is 6.94. The number of amides is 1. The van der Waals surface area contributed by atoms with Gasteiger partial charge in [0.05, 0.1) is 6.61 Å². The quantitative estimate of drug-likeness (QED) is 0.849. The molecule has 3 rings (SSSR count). The van der Waals surface area contributed by atoms with Gasteiger partial charge >= 0.3 is 0 Å². The van der Waals surface area contributed by atoms with Crippen molar-refractivity contribution in [3.8, 4) is 5.75 Å². The summed E-state index contributed by atoms with van der Waals surface area (Å²) in [7, 11) is 0. The molecule has 1 amide bonds. The normalized spacial score (nSPS) is 34.0. The number of benzene rings is 1. The lowest BCUT2D eigenvalue weighted by Crippen LogP contribution is -2.69. The molecule has 7 heteroatoms. The number of aliphatic hydroxyl groups excluding tert-OH is 1. The molecule has 2 heterocycles. The molecule has 0 radical (unpaired) electrons. The van der Waals surface area contributed by atoms with E-state index >= 15 is 0 Å². The third-order valence-corrected chi connectivity index (χ3v) is 4.39. The van der Waals surface area contributed by atoms with E-state index in [0.717, 1.165) is 5.56 Å². The van der Waals surface area contributed by atoms with E-state index in [1.807, 2.05) is 31.2 Å². The zero-order chi connectivity index (χ0) is 18.2. The molecule has 0 spiro atoms. The average Bonchev–Trinajstić information content (AvgIpc) is 2.53. The van der Waals surface area contributed by atoms with E-state index < -0.39 is 36.4 Å². The van der Waals surface area contributed by atoms with Crippen molar-refractivity contribution in [2.45, 2.75) is 64.1 Å². The lowest BCUT2D eigenvalue weighted by Gasteiger charge is -2.49. The highest BCUT2D eigenvalue weighted by molar-refractivity contribution is 5.73. The molecule has 2 aliphatic rings. The van der Waals surface area contributed by atoms with E-state index in [-0.39, 0.29) is 12.5 Å². The maximum atomic E-state index is 11.6. The van der Waals surface area contributed by atoms with Crippen LogP contribution in [0.4, 0.5) is 0 Å². The Balaban J connectivity index is 1.83. The highest BCUT2D eigenvalue weighted by Gasteiger charge is 2.52. The fourth-order valence-electron chi connectivity index (χ4n) is 3.15. The van der Waals surface area contributed by atoms with E-state index in [9.17, 15) is 9.90 Å². The minimum atomic E-state index is -0.986. The summed E-state index contributed by atoms with van der Waals surface area (Å²) in [6.07, 6.45) is -2.94. The van der Waals surface area contributed by atoms with Crippen molar-refractivity contribution in [3.05, 3.63) is 29.8 Å². The first-order chi connectivity index (χ1) is 11.8. The number of carbonyl (C=O) groups is 1. The Morgan fingerprint density at radius 2 is 2.08 bits per heavy atom. The minimum absolute atomic E-state index is 0.273. The van der Waals surface area contributed by atoms with Crippen molar-refractivity contribution in [2.75, 3.05) is 6.61 Å². The highest BCUT2D eigenvalue weighted by Crippen LogP contribution is 2.33. The van der Waals surface area contributed by atoms with Crippen LogP contribution < -0.4 is 10.1 Å². The van der Waals surface area contributed by atoms with Crippen molar-refractivity contribution in [3.63, 3.8) is 0 Å². The topological polar surface area (TPSA) is 86.3 Å². The van der Waals surface area contributed by atoms with Crippen molar-refractivity contribution in [1.82, 2.24) is 5.32 Å². The van der Waals surface area contributed by atoms with Crippen LogP contribution in [-0.2, 0) is 19.0 Å². The number of carbonyl (C=O) groups excluding carboxylic acids is 1. The van der Waals surface area contributed by atoms with Gasteiger partial charge in [-0.2, -0.15) is 0 Å². The average molecular weight is 351 g/mol. The Morgan fingerprint density at radius 1 is 1.36 bits per heavy atom. The standard InChI is InChI=1S/C18H25NO6/c1-10-7-5-6-8-12(10)23-17-14(19-11(2)20)15(21)16-13(24-17)9-22-18(3,4)25-16/h5-8,13-17,21H,9H2,1-4H3,(H,19,20)/t13-,14+,15-,16+,17-/m0/s1. The van der Waals surface area contributed by atoms with Gasteiger partial charge in [0.1, 0.15) is 30.1 Å². The first kappa shape index (κ1) is 18.1. The first-order valence-electron chi connectivity index (χ1n) is 8.41. The number of ether oxygens (including phenoxy) is 4. The molecule has 1 aromatic rings. The van der Waals surface area contributed by atoms with E-state index in [2.05, 4.69) is 5.32 Å². The lowest BCUT2D eigenvalue weighted by molar-refractivity contribution is -0.361. The van der Waals surface area contributed by atoms with Crippen LogP contribution in [0.25, 0.3) is 0 Å². The lowest BCUT2D eigenvalue weighted by atomic mass is 9.95. The van der Waals surface area contributed by atoms with Gasteiger partial charge in [0.15, 0.2) is 5.79 Å². The Labute approximate surface area is 147 Å². The molecule has 5 atom stereocenters. The molecule has 2 N–H and O–H groups in total. The van der Waals surface area contributed by atoms with Gasteiger partial charge in [-0.25, -0.2) is 0 Å². The number of fused-ring (bicyclic) bond motifs is 1. The minimum Gasteiger partial charge on any atom is -0.462 e. The van der Waals surface area contributed by atoms with Gasteiger partial charge in [0.2, 0.25) is 12.2 Å². The Kier molecular flexibility index (Phi) is 5.02. The molecule has 2 fully saturated rings. The summed E-state index contributed by atoms with van der Waals surface area (Å²) in [6, 6.07) is 6.74. The van der Waals surface area contributed by atoms with Crippen LogP contribution in [0, 0.1) is 6.92 Å². The van der Waals surface area contributed by atoms with Crippen LogP contribution in [0.3, 0.4) is 0 Å². The first-order valence-corrected chi connectivity index (χ1v) is 8.41.